The average Bonchev–Trinajstić information content (AvgIpc) is 3.67. The molecule has 0 saturated heterocycles. The van der Waals surface area contributed by atoms with Gasteiger partial charge in [-0.2, -0.15) is 0 Å². The van der Waals surface area contributed by atoms with Crippen LogP contribution < -0.4 is 5.32 Å². The third-order valence-electron chi connectivity index (χ3n) is 6.73. The van der Waals surface area contributed by atoms with E-state index in [1.54, 1.807) is 19.3 Å². The van der Waals surface area contributed by atoms with Gasteiger partial charge in [0, 0.05) is 43.4 Å². The Morgan fingerprint density at radius 2 is 1.97 bits per heavy atom. The zero-order chi connectivity index (χ0) is 23.9. The van der Waals surface area contributed by atoms with Crippen LogP contribution in [-0.2, 0) is 27.2 Å². The number of ketones is 1. The van der Waals surface area contributed by atoms with Gasteiger partial charge in [0.2, 0.25) is 0 Å². The third-order valence-corrected chi connectivity index (χ3v) is 6.73. The molecule has 1 atom stereocenters. The Morgan fingerprint density at radius 3 is 2.71 bits per heavy atom. The van der Waals surface area contributed by atoms with Gasteiger partial charge in [-0.25, -0.2) is 15.0 Å². The van der Waals surface area contributed by atoms with E-state index in [0.29, 0.717) is 31.2 Å². The Balaban J connectivity index is 1.31. The molecular formula is C27H36N4O3. The molecule has 7 heteroatoms. The van der Waals surface area contributed by atoms with Gasteiger partial charge in [0.05, 0.1) is 13.0 Å². The van der Waals surface area contributed by atoms with Crippen molar-refractivity contribution in [2.75, 3.05) is 18.5 Å². The van der Waals surface area contributed by atoms with E-state index >= 15 is 0 Å². The van der Waals surface area contributed by atoms with Crippen LogP contribution in [-0.4, -0.2) is 39.9 Å². The fourth-order valence-corrected chi connectivity index (χ4v) is 4.72. The number of nitrogens with zero attached hydrogens (tertiary/aromatic N) is 3. The van der Waals surface area contributed by atoms with E-state index in [2.05, 4.69) is 21.4 Å². The van der Waals surface area contributed by atoms with Gasteiger partial charge >= 0.3 is 5.97 Å². The fraction of sp³-hybridized carbons (Fsp3) is 0.593. The quantitative estimate of drug-likeness (QED) is 0.355. The van der Waals surface area contributed by atoms with Gasteiger partial charge in [-0.1, -0.05) is 6.07 Å². The number of hydrogen-bond donors (Lipinski definition) is 1. The first-order chi connectivity index (χ1) is 16.5. The largest absolute Gasteiger partial charge is 0.466 e. The highest BCUT2D eigenvalue weighted by Crippen LogP contribution is 2.43. The fourth-order valence-electron chi connectivity index (χ4n) is 4.72. The van der Waals surface area contributed by atoms with Crippen molar-refractivity contribution < 1.29 is 14.3 Å². The van der Waals surface area contributed by atoms with E-state index in [0.717, 1.165) is 43.6 Å². The second kappa shape index (κ2) is 11.5. The lowest BCUT2D eigenvalue weighted by molar-refractivity contribution is -0.143. The molecule has 1 N–H and O–H groups in total. The molecule has 34 heavy (non-hydrogen) atoms. The monoisotopic (exact) mass is 464 g/mol. The first-order valence-corrected chi connectivity index (χ1v) is 12.8. The Morgan fingerprint density at radius 1 is 1.18 bits per heavy atom. The summed E-state index contributed by atoms with van der Waals surface area (Å²) in [7, 11) is 0. The summed E-state index contributed by atoms with van der Waals surface area (Å²) in [6.07, 6.45) is 11.9. The maximum atomic E-state index is 12.8. The molecule has 1 aliphatic carbocycles. The van der Waals surface area contributed by atoms with Gasteiger partial charge in [0.1, 0.15) is 17.4 Å². The molecule has 2 aromatic rings. The number of carbonyl (C=O) groups is 2. The Kier molecular flexibility index (Phi) is 8.25. The first-order valence-electron chi connectivity index (χ1n) is 12.8. The number of pyridine rings is 1. The normalized spacial score (nSPS) is 15.8. The standard InChI is InChI=1S/C27H36N4O3/c1-3-34-26(33)15-21(22-16-29-18(2)30-17-22)13-23(32)8-4-5-9-25-24(19-10-11-19)14-20-7-6-12-28-27(20)31-25/h14,16-17,19,21H,3-13,15H2,1-2H3,(H,28,31). The molecule has 0 bridgehead atoms. The van der Waals surface area contributed by atoms with Crippen LogP contribution in [0.3, 0.4) is 0 Å². The molecule has 7 nitrogen and oxygen atoms in total. The SMILES string of the molecule is CCOC(=O)CC(CC(=O)CCCCc1nc2c(cc1C1CC1)CCCN2)c1cnc(C)nc1. The lowest BCUT2D eigenvalue weighted by atomic mass is 9.91. The molecule has 0 spiro atoms. The van der Waals surface area contributed by atoms with E-state index in [1.165, 1.54) is 36.1 Å². The summed E-state index contributed by atoms with van der Waals surface area (Å²) in [5.41, 5.74) is 4.81. The molecule has 1 unspecified atom stereocenters. The van der Waals surface area contributed by atoms with Crippen molar-refractivity contribution in [2.45, 2.75) is 89.9 Å². The van der Waals surface area contributed by atoms with Crippen molar-refractivity contribution in [2.24, 2.45) is 0 Å². The number of nitrogens with one attached hydrogen (secondary N) is 1. The molecular weight excluding hydrogens is 428 g/mol. The van der Waals surface area contributed by atoms with Gasteiger partial charge < -0.3 is 10.1 Å². The minimum Gasteiger partial charge on any atom is -0.466 e. The Labute approximate surface area is 202 Å². The molecule has 2 aromatic heterocycles. The summed E-state index contributed by atoms with van der Waals surface area (Å²) in [4.78, 5) is 38.4. The van der Waals surface area contributed by atoms with Crippen molar-refractivity contribution in [3.05, 3.63) is 46.7 Å². The van der Waals surface area contributed by atoms with Crippen molar-refractivity contribution in [1.29, 1.82) is 0 Å². The summed E-state index contributed by atoms with van der Waals surface area (Å²) >= 11 is 0. The summed E-state index contributed by atoms with van der Waals surface area (Å²) in [6, 6.07) is 2.39. The molecule has 2 aliphatic rings. The van der Waals surface area contributed by atoms with E-state index < -0.39 is 0 Å². The summed E-state index contributed by atoms with van der Waals surface area (Å²) in [5.74, 6) is 2.03. The highest BCUT2D eigenvalue weighted by Gasteiger charge is 2.28. The molecule has 182 valence electrons. The van der Waals surface area contributed by atoms with Gasteiger partial charge in [-0.05, 0) is 81.4 Å². The highest BCUT2D eigenvalue weighted by atomic mass is 16.5. The van der Waals surface area contributed by atoms with E-state index in [1.807, 2.05) is 6.92 Å². The maximum Gasteiger partial charge on any atom is 0.306 e. The van der Waals surface area contributed by atoms with Gasteiger partial charge in [0.15, 0.2) is 0 Å². The number of carbonyl (C=O) groups excluding carboxylic acids is 2. The predicted molar refractivity (Wildman–Crippen MR) is 131 cm³/mol. The van der Waals surface area contributed by atoms with Crippen molar-refractivity contribution in [3.8, 4) is 0 Å². The first kappa shape index (κ1) is 24.3. The molecule has 3 heterocycles. The number of aromatic nitrogens is 3. The molecule has 0 radical (unpaired) electrons. The maximum absolute atomic E-state index is 12.8. The molecule has 1 saturated carbocycles. The predicted octanol–water partition coefficient (Wildman–Crippen LogP) is 4.82. The smallest absolute Gasteiger partial charge is 0.306 e. The zero-order valence-electron chi connectivity index (χ0n) is 20.4. The van der Waals surface area contributed by atoms with Crippen molar-refractivity contribution in [3.63, 3.8) is 0 Å². The number of anilines is 1. The summed E-state index contributed by atoms with van der Waals surface area (Å²) in [5, 5.41) is 3.45. The van der Waals surface area contributed by atoms with Crippen LogP contribution in [0.15, 0.2) is 18.5 Å². The number of Topliss-reactive ketones (excluding diaryl/α,β-unsaturated/α-hetero) is 1. The molecule has 1 fully saturated rings. The van der Waals surface area contributed by atoms with Gasteiger partial charge in [0.25, 0.3) is 0 Å². The Bertz CT molecular complexity index is 1000. The highest BCUT2D eigenvalue weighted by molar-refractivity contribution is 5.80. The van der Waals surface area contributed by atoms with E-state index in [-0.39, 0.29) is 24.1 Å². The number of hydrogen-bond acceptors (Lipinski definition) is 7. The topological polar surface area (TPSA) is 94.1 Å². The second-order valence-electron chi connectivity index (χ2n) is 9.56. The van der Waals surface area contributed by atoms with Crippen LogP contribution in [0.2, 0.25) is 0 Å². The number of ether oxygens (including phenoxy) is 1. The van der Waals surface area contributed by atoms with Crippen molar-refractivity contribution in [1.82, 2.24) is 15.0 Å². The minimum absolute atomic E-state index is 0.164. The number of rotatable bonds is 12. The van der Waals surface area contributed by atoms with Crippen LogP contribution in [0.4, 0.5) is 5.82 Å². The van der Waals surface area contributed by atoms with Crippen LogP contribution >= 0.6 is 0 Å². The second-order valence-corrected chi connectivity index (χ2v) is 9.56. The zero-order valence-corrected chi connectivity index (χ0v) is 20.4. The number of aryl methyl sites for hydroxylation is 3. The summed E-state index contributed by atoms with van der Waals surface area (Å²) < 4.78 is 5.12. The van der Waals surface area contributed by atoms with Crippen LogP contribution in [0.5, 0.6) is 0 Å². The molecule has 0 amide bonds. The molecule has 1 aliphatic heterocycles. The van der Waals surface area contributed by atoms with Gasteiger partial charge in [-0.3, -0.25) is 9.59 Å². The molecule has 0 aromatic carbocycles. The summed E-state index contributed by atoms with van der Waals surface area (Å²) in [6.45, 7) is 4.93. The van der Waals surface area contributed by atoms with Crippen LogP contribution in [0.25, 0.3) is 0 Å². The minimum atomic E-state index is -0.291. The number of unbranched alkanes of at least 4 members (excludes halogenated alkanes) is 1. The average molecular weight is 465 g/mol. The number of fused-ring (bicyclic) bond motifs is 1. The molecule has 4 rings (SSSR count). The van der Waals surface area contributed by atoms with Gasteiger partial charge in [-0.15, -0.1) is 0 Å². The van der Waals surface area contributed by atoms with E-state index in [9.17, 15) is 9.59 Å². The lowest BCUT2D eigenvalue weighted by Crippen LogP contribution is -2.15. The van der Waals surface area contributed by atoms with Crippen LogP contribution in [0, 0.1) is 6.92 Å². The van der Waals surface area contributed by atoms with Crippen LogP contribution in [0.1, 0.15) is 98.3 Å². The lowest BCUT2D eigenvalue weighted by Gasteiger charge is -2.20. The Hall–Kier alpha value is -2.83. The van der Waals surface area contributed by atoms with Crippen molar-refractivity contribution >= 4 is 17.6 Å². The number of esters is 1. The van der Waals surface area contributed by atoms with E-state index in [4.69, 9.17) is 9.72 Å². The third kappa shape index (κ3) is 6.61.